The minimum Gasteiger partial charge on any atom is -0.356 e. The van der Waals surface area contributed by atoms with E-state index in [1.165, 1.54) is 5.56 Å². The van der Waals surface area contributed by atoms with Crippen LogP contribution in [0.15, 0.2) is 18.6 Å². The summed E-state index contributed by atoms with van der Waals surface area (Å²) in [4.78, 5) is 4.26. The van der Waals surface area contributed by atoms with Crippen LogP contribution in [0.4, 0.5) is 5.95 Å². The molecule has 0 unspecified atom stereocenters. The second-order valence-electron chi connectivity index (χ2n) is 3.82. The largest absolute Gasteiger partial charge is 0.356 e. The summed E-state index contributed by atoms with van der Waals surface area (Å²) in [6, 6.07) is 0. The lowest BCUT2D eigenvalue weighted by Crippen LogP contribution is -2.07. The van der Waals surface area contributed by atoms with Crippen molar-refractivity contribution in [1.82, 2.24) is 19.3 Å². The maximum atomic E-state index is 4.33. The van der Waals surface area contributed by atoms with E-state index in [0.29, 0.717) is 0 Å². The van der Waals surface area contributed by atoms with Crippen molar-refractivity contribution in [3.05, 3.63) is 29.8 Å². The van der Waals surface area contributed by atoms with Gasteiger partial charge in [0.15, 0.2) is 0 Å². The van der Waals surface area contributed by atoms with Crippen LogP contribution in [0.2, 0.25) is 0 Å². The molecular formula is C11H17N5. The van der Waals surface area contributed by atoms with E-state index in [1.54, 1.807) is 0 Å². The summed E-state index contributed by atoms with van der Waals surface area (Å²) >= 11 is 0. The fourth-order valence-corrected chi connectivity index (χ4v) is 1.75. The number of anilines is 1. The second-order valence-corrected chi connectivity index (χ2v) is 3.82. The van der Waals surface area contributed by atoms with Gasteiger partial charge in [0.2, 0.25) is 5.95 Å². The normalized spacial score (nSPS) is 10.7. The Kier molecular flexibility index (Phi) is 2.94. The lowest BCUT2D eigenvalue weighted by Gasteiger charge is -2.07. The zero-order valence-corrected chi connectivity index (χ0v) is 9.94. The first kappa shape index (κ1) is 10.7. The highest BCUT2D eigenvalue weighted by Gasteiger charge is 2.06. The highest BCUT2D eigenvalue weighted by molar-refractivity contribution is 5.28. The molecule has 2 heterocycles. The fourth-order valence-electron chi connectivity index (χ4n) is 1.75. The Morgan fingerprint density at radius 1 is 1.44 bits per heavy atom. The van der Waals surface area contributed by atoms with Crippen LogP contribution >= 0.6 is 0 Å². The van der Waals surface area contributed by atoms with Crippen molar-refractivity contribution in [1.29, 1.82) is 0 Å². The van der Waals surface area contributed by atoms with E-state index in [4.69, 9.17) is 0 Å². The summed E-state index contributed by atoms with van der Waals surface area (Å²) in [5.41, 5.74) is 2.29. The third-order valence-electron chi connectivity index (χ3n) is 2.51. The van der Waals surface area contributed by atoms with Crippen molar-refractivity contribution in [2.24, 2.45) is 7.05 Å². The molecule has 1 N–H and O–H groups in total. The molecule has 0 spiro atoms. The molecule has 5 heteroatoms. The van der Waals surface area contributed by atoms with Gasteiger partial charge < -0.3 is 9.88 Å². The van der Waals surface area contributed by atoms with Crippen molar-refractivity contribution >= 4 is 5.95 Å². The first-order chi connectivity index (χ1) is 7.70. The number of nitrogens with zero attached hydrogens (tertiary/aromatic N) is 4. The van der Waals surface area contributed by atoms with Crippen LogP contribution in [-0.2, 0) is 13.6 Å². The molecule has 2 aromatic heterocycles. The van der Waals surface area contributed by atoms with Gasteiger partial charge in [-0.1, -0.05) is 0 Å². The Balaban J connectivity index is 2.20. The van der Waals surface area contributed by atoms with Crippen molar-refractivity contribution in [3.8, 4) is 0 Å². The lowest BCUT2D eigenvalue weighted by atomic mass is 10.2. The molecule has 0 aliphatic carbocycles. The number of aromatic nitrogens is 4. The number of hydrogen-bond donors (Lipinski definition) is 1. The summed E-state index contributed by atoms with van der Waals surface area (Å²) < 4.78 is 3.93. The highest BCUT2D eigenvalue weighted by atomic mass is 15.3. The minimum atomic E-state index is 0.808. The van der Waals surface area contributed by atoms with Gasteiger partial charge in [-0.15, -0.1) is 0 Å². The molecule has 0 fully saturated rings. The molecule has 0 radical (unpaired) electrons. The number of imidazole rings is 1. The summed E-state index contributed by atoms with van der Waals surface area (Å²) in [7, 11) is 1.94. The number of aryl methyl sites for hydroxylation is 2. The van der Waals surface area contributed by atoms with E-state index in [9.17, 15) is 0 Å². The van der Waals surface area contributed by atoms with E-state index in [2.05, 4.69) is 26.9 Å². The third kappa shape index (κ3) is 2.08. The first-order valence-electron chi connectivity index (χ1n) is 5.45. The molecule has 5 nitrogen and oxygen atoms in total. The van der Waals surface area contributed by atoms with Crippen LogP contribution in [0.5, 0.6) is 0 Å². The maximum absolute atomic E-state index is 4.33. The first-order valence-corrected chi connectivity index (χ1v) is 5.45. The van der Waals surface area contributed by atoms with Crippen molar-refractivity contribution in [3.63, 3.8) is 0 Å². The Labute approximate surface area is 95.1 Å². The summed E-state index contributed by atoms with van der Waals surface area (Å²) in [6.07, 6.45) is 5.83. The molecular weight excluding hydrogens is 202 g/mol. The van der Waals surface area contributed by atoms with Gasteiger partial charge in [0, 0.05) is 37.7 Å². The Morgan fingerprint density at radius 2 is 2.25 bits per heavy atom. The molecule has 2 aromatic rings. The molecule has 0 saturated heterocycles. The zero-order valence-electron chi connectivity index (χ0n) is 9.94. The van der Waals surface area contributed by atoms with Gasteiger partial charge >= 0.3 is 0 Å². The number of nitrogens with one attached hydrogen (secondary N) is 1. The summed E-state index contributed by atoms with van der Waals surface area (Å²) in [5.74, 6) is 0.908. The number of hydrogen-bond acceptors (Lipinski definition) is 3. The fraction of sp³-hybridized carbons (Fsp3) is 0.455. The van der Waals surface area contributed by atoms with Crippen LogP contribution in [0.25, 0.3) is 0 Å². The summed E-state index contributed by atoms with van der Waals surface area (Å²) in [5, 5.41) is 7.56. The van der Waals surface area contributed by atoms with Crippen molar-refractivity contribution < 1.29 is 0 Å². The van der Waals surface area contributed by atoms with Gasteiger partial charge in [-0.25, -0.2) is 4.98 Å². The second kappa shape index (κ2) is 4.38. The van der Waals surface area contributed by atoms with Crippen LogP contribution in [-0.4, -0.2) is 25.9 Å². The smallest absolute Gasteiger partial charge is 0.203 e. The third-order valence-corrected chi connectivity index (χ3v) is 2.51. The molecule has 86 valence electrons. The van der Waals surface area contributed by atoms with Crippen LogP contribution in [0, 0.1) is 6.92 Å². The average molecular weight is 219 g/mol. The zero-order chi connectivity index (χ0) is 11.5. The molecule has 0 amide bonds. The molecule has 0 aliphatic heterocycles. The van der Waals surface area contributed by atoms with Crippen molar-refractivity contribution in [2.75, 3.05) is 11.9 Å². The van der Waals surface area contributed by atoms with Crippen LogP contribution < -0.4 is 5.32 Å². The Hall–Kier alpha value is -1.78. The Bertz CT molecular complexity index is 468. The summed E-state index contributed by atoms with van der Waals surface area (Å²) in [6.45, 7) is 5.78. The van der Waals surface area contributed by atoms with Gasteiger partial charge in [0.05, 0.1) is 12.2 Å². The van der Waals surface area contributed by atoms with Gasteiger partial charge in [-0.05, 0) is 13.8 Å². The van der Waals surface area contributed by atoms with E-state index in [-0.39, 0.29) is 0 Å². The molecule has 0 aliphatic rings. The van der Waals surface area contributed by atoms with E-state index >= 15 is 0 Å². The molecule has 0 bridgehead atoms. The molecule has 2 rings (SSSR count). The molecule has 16 heavy (non-hydrogen) atoms. The highest BCUT2D eigenvalue weighted by Crippen LogP contribution is 2.11. The topological polar surface area (TPSA) is 47.7 Å². The monoisotopic (exact) mass is 219 g/mol. The van der Waals surface area contributed by atoms with E-state index in [1.807, 2.05) is 37.2 Å². The number of rotatable bonds is 4. The predicted octanol–water partition coefficient (Wildman–Crippen LogP) is 1.41. The molecule has 0 saturated carbocycles. The average Bonchev–Trinajstić information content (AvgIpc) is 2.77. The van der Waals surface area contributed by atoms with Crippen LogP contribution in [0.3, 0.4) is 0 Å². The van der Waals surface area contributed by atoms with E-state index < -0.39 is 0 Å². The van der Waals surface area contributed by atoms with Gasteiger partial charge in [0.25, 0.3) is 0 Å². The van der Waals surface area contributed by atoms with Gasteiger partial charge in [-0.3, -0.25) is 4.68 Å². The maximum Gasteiger partial charge on any atom is 0.203 e. The lowest BCUT2D eigenvalue weighted by molar-refractivity contribution is 0.755. The Morgan fingerprint density at radius 3 is 2.88 bits per heavy atom. The minimum absolute atomic E-state index is 0.808. The van der Waals surface area contributed by atoms with E-state index in [0.717, 1.165) is 24.7 Å². The van der Waals surface area contributed by atoms with Gasteiger partial charge in [0.1, 0.15) is 0 Å². The van der Waals surface area contributed by atoms with Crippen LogP contribution in [0.1, 0.15) is 18.2 Å². The molecule has 0 aromatic carbocycles. The van der Waals surface area contributed by atoms with Crippen molar-refractivity contribution in [2.45, 2.75) is 20.4 Å². The SMILES string of the molecule is CCNc1nccn1Cc1cn(C)nc1C. The quantitative estimate of drug-likeness (QED) is 0.845. The standard InChI is InChI=1S/C11H17N5/c1-4-12-11-13-5-6-16(11)8-10-7-15(3)14-9(10)2/h5-7H,4,8H2,1-3H3,(H,12,13). The molecule has 0 atom stereocenters. The predicted molar refractivity (Wildman–Crippen MR) is 63.4 cm³/mol. The van der Waals surface area contributed by atoms with Gasteiger partial charge in [-0.2, -0.15) is 5.10 Å².